The van der Waals surface area contributed by atoms with Crippen molar-refractivity contribution in [3.63, 3.8) is 0 Å². The Balaban J connectivity index is 1.76. The molecule has 9 heteroatoms. The molecule has 1 aliphatic heterocycles. The van der Waals surface area contributed by atoms with Gasteiger partial charge in [-0.3, -0.25) is 9.69 Å². The topological polar surface area (TPSA) is 70.0 Å². The second kappa shape index (κ2) is 9.90. The third-order valence-corrected chi connectivity index (χ3v) is 6.14. The van der Waals surface area contributed by atoms with Crippen LogP contribution in [0.25, 0.3) is 0 Å². The van der Waals surface area contributed by atoms with E-state index in [1.54, 1.807) is 42.5 Å². The Bertz CT molecular complexity index is 963. The van der Waals surface area contributed by atoms with Crippen LogP contribution in [0.4, 0.5) is 14.5 Å². The minimum absolute atomic E-state index is 0.105. The average Bonchev–Trinajstić information content (AvgIpc) is 2.98. The van der Waals surface area contributed by atoms with Crippen LogP contribution >= 0.6 is 23.5 Å². The third kappa shape index (κ3) is 5.48. The second-order valence-corrected chi connectivity index (χ2v) is 8.55. The van der Waals surface area contributed by atoms with Gasteiger partial charge in [0, 0.05) is 11.4 Å². The van der Waals surface area contributed by atoms with Gasteiger partial charge in [-0.05, 0) is 48.4 Å². The van der Waals surface area contributed by atoms with Gasteiger partial charge in [-0.15, -0.1) is 6.58 Å². The molecule has 1 N–H and O–H groups in total. The summed E-state index contributed by atoms with van der Waals surface area (Å²) in [5.74, 6) is -3.60. The van der Waals surface area contributed by atoms with E-state index in [1.165, 1.54) is 28.8 Å². The molecule has 5 nitrogen and oxygen atoms in total. The molecule has 0 unspecified atom stereocenters. The van der Waals surface area contributed by atoms with Crippen LogP contribution in [0, 0.1) is 0 Å². The molecule has 0 saturated carbocycles. The molecule has 0 aliphatic carbocycles. The summed E-state index contributed by atoms with van der Waals surface area (Å²) in [5.41, 5.74) is 1.56. The van der Waals surface area contributed by atoms with Gasteiger partial charge >= 0.3 is 5.97 Å². The minimum Gasteiger partial charge on any atom is -0.478 e. The first kappa shape index (κ1) is 22.0. The minimum atomic E-state index is -2.47. The van der Waals surface area contributed by atoms with E-state index in [2.05, 4.69) is 11.6 Å². The maximum Gasteiger partial charge on any atom is 0.335 e. The van der Waals surface area contributed by atoms with Gasteiger partial charge in [0.15, 0.2) is 5.17 Å². The van der Waals surface area contributed by atoms with Crippen LogP contribution in [0.5, 0.6) is 0 Å². The number of amidine groups is 1. The van der Waals surface area contributed by atoms with E-state index in [0.717, 1.165) is 5.56 Å². The summed E-state index contributed by atoms with van der Waals surface area (Å²) in [4.78, 5) is 30.3. The molecular weight excluding hydrogens is 430 g/mol. The Kier molecular flexibility index (Phi) is 7.28. The van der Waals surface area contributed by atoms with Crippen molar-refractivity contribution in [2.24, 2.45) is 4.99 Å². The van der Waals surface area contributed by atoms with E-state index in [4.69, 9.17) is 5.11 Å². The van der Waals surface area contributed by atoms with Crippen LogP contribution in [0.3, 0.4) is 0 Å². The van der Waals surface area contributed by atoms with Gasteiger partial charge in [-0.1, -0.05) is 41.7 Å². The van der Waals surface area contributed by atoms with Crippen LogP contribution in [-0.2, 0) is 11.2 Å². The maximum absolute atomic E-state index is 12.9. The van der Waals surface area contributed by atoms with Gasteiger partial charge in [-0.25, -0.2) is 9.79 Å². The summed E-state index contributed by atoms with van der Waals surface area (Å²) in [6, 6.07) is 12.8. The molecule has 30 heavy (non-hydrogen) atoms. The van der Waals surface area contributed by atoms with E-state index >= 15 is 0 Å². The van der Waals surface area contributed by atoms with E-state index < -0.39 is 17.0 Å². The molecule has 3 rings (SSSR count). The van der Waals surface area contributed by atoms with Gasteiger partial charge in [0.25, 0.3) is 5.76 Å². The number of benzene rings is 2. The molecule has 1 atom stereocenters. The SMILES string of the molecule is C=CCN1C(=O)[C@@H](Cc2ccc(SC(F)F)cc2)SC1=Nc1ccc(C(=O)O)cc1. The highest BCUT2D eigenvalue weighted by Crippen LogP contribution is 2.32. The Morgan fingerprint density at radius 2 is 1.90 bits per heavy atom. The molecule has 0 bridgehead atoms. The number of hydrogen-bond acceptors (Lipinski definition) is 5. The highest BCUT2D eigenvalue weighted by atomic mass is 32.2. The summed E-state index contributed by atoms with van der Waals surface area (Å²) in [6.45, 7) is 3.99. The first-order valence-corrected chi connectivity index (χ1v) is 10.7. The molecule has 0 aromatic heterocycles. The summed E-state index contributed by atoms with van der Waals surface area (Å²) in [6.07, 6.45) is 2.05. The number of nitrogens with zero attached hydrogens (tertiary/aromatic N) is 2. The molecule has 1 aliphatic rings. The Morgan fingerprint density at radius 1 is 1.23 bits per heavy atom. The number of halogens is 2. The lowest BCUT2D eigenvalue weighted by atomic mass is 10.1. The predicted octanol–water partition coefficient (Wildman–Crippen LogP) is 5.06. The lowest BCUT2D eigenvalue weighted by Gasteiger charge is -2.14. The lowest BCUT2D eigenvalue weighted by Crippen LogP contribution is -2.32. The number of carbonyl (C=O) groups is 2. The van der Waals surface area contributed by atoms with Crippen LogP contribution < -0.4 is 0 Å². The maximum atomic E-state index is 12.9. The largest absolute Gasteiger partial charge is 0.478 e. The molecule has 0 radical (unpaired) electrons. The van der Waals surface area contributed by atoms with Crippen molar-refractivity contribution in [3.8, 4) is 0 Å². The zero-order valence-corrected chi connectivity index (χ0v) is 17.3. The fourth-order valence-corrected chi connectivity index (χ4v) is 4.54. The molecule has 1 fully saturated rings. The standard InChI is InChI=1S/C21H18F2N2O3S2/c1-2-11-25-18(26)17(12-13-3-9-16(10-4-13)29-20(22)23)30-21(25)24-15-7-5-14(6-8-15)19(27)28/h2-10,17,20H,1,11-12H2,(H,27,28)/t17-/m1/s1. The van der Waals surface area contributed by atoms with E-state index in [9.17, 15) is 18.4 Å². The third-order valence-electron chi connectivity index (χ3n) is 4.24. The van der Waals surface area contributed by atoms with Crippen LogP contribution in [0.1, 0.15) is 15.9 Å². The molecule has 2 aromatic rings. The number of alkyl halides is 2. The van der Waals surface area contributed by atoms with Crippen molar-refractivity contribution >= 4 is 46.3 Å². The van der Waals surface area contributed by atoms with Gasteiger partial charge in [0.2, 0.25) is 5.91 Å². The Hall–Kier alpha value is -2.65. The van der Waals surface area contributed by atoms with Crippen molar-refractivity contribution in [3.05, 3.63) is 72.3 Å². The molecular formula is C21H18F2N2O3S2. The number of carboxylic acids is 1. The monoisotopic (exact) mass is 448 g/mol. The molecule has 1 amide bonds. The summed E-state index contributed by atoms with van der Waals surface area (Å²) >= 11 is 1.80. The lowest BCUT2D eigenvalue weighted by molar-refractivity contribution is -0.125. The predicted molar refractivity (Wildman–Crippen MR) is 116 cm³/mol. The zero-order chi connectivity index (χ0) is 21.7. The van der Waals surface area contributed by atoms with Crippen molar-refractivity contribution in [2.75, 3.05) is 6.54 Å². The van der Waals surface area contributed by atoms with Crippen LogP contribution in [0.15, 0.2) is 71.1 Å². The van der Waals surface area contributed by atoms with Gasteiger partial charge < -0.3 is 5.11 Å². The highest BCUT2D eigenvalue weighted by molar-refractivity contribution is 8.15. The molecule has 2 aromatic carbocycles. The van der Waals surface area contributed by atoms with Gasteiger partial charge in [-0.2, -0.15) is 8.78 Å². The summed E-state index contributed by atoms with van der Waals surface area (Å²) in [7, 11) is 0. The van der Waals surface area contributed by atoms with E-state index in [0.29, 0.717) is 40.5 Å². The number of amides is 1. The Labute approximate surface area is 180 Å². The van der Waals surface area contributed by atoms with Crippen molar-refractivity contribution in [1.82, 2.24) is 4.90 Å². The number of carboxylic acid groups (broad SMARTS) is 1. The molecule has 156 valence electrons. The van der Waals surface area contributed by atoms with Crippen molar-refractivity contribution in [1.29, 1.82) is 0 Å². The normalized spacial score (nSPS) is 17.7. The number of aliphatic imine (C=N–C) groups is 1. The smallest absolute Gasteiger partial charge is 0.335 e. The number of thioether (sulfide) groups is 2. The quantitative estimate of drug-likeness (QED) is 0.452. The zero-order valence-electron chi connectivity index (χ0n) is 15.7. The first-order chi connectivity index (χ1) is 14.4. The van der Waals surface area contributed by atoms with Gasteiger partial charge in [0.1, 0.15) is 0 Å². The fourth-order valence-electron chi connectivity index (χ4n) is 2.83. The summed E-state index contributed by atoms with van der Waals surface area (Å²) in [5, 5.41) is 9.12. The number of aromatic carboxylic acids is 1. The van der Waals surface area contributed by atoms with E-state index in [-0.39, 0.29) is 11.5 Å². The highest BCUT2D eigenvalue weighted by Gasteiger charge is 2.37. The van der Waals surface area contributed by atoms with Crippen LogP contribution in [-0.4, -0.2) is 44.6 Å². The molecule has 0 spiro atoms. The molecule has 1 heterocycles. The summed E-state index contributed by atoms with van der Waals surface area (Å²) < 4.78 is 24.9. The number of rotatable bonds is 8. The fraction of sp³-hybridized carbons (Fsp3) is 0.190. The van der Waals surface area contributed by atoms with E-state index in [1.807, 2.05) is 0 Å². The number of hydrogen-bond donors (Lipinski definition) is 1. The molecule has 1 saturated heterocycles. The second-order valence-electron chi connectivity index (χ2n) is 6.32. The van der Waals surface area contributed by atoms with Crippen molar-refractivity contribution < 1.29 is 23.5 Å². The van der Waals surface area contributed by atoms with Crippen LogP contribution in [0.2, 0.25) is 0 Å². The van der Waals surface area contributed by atoms with Crippen molar-refractivity contribution in [2.45, 2.75) is 22.3 Å². The number of carbonyl (C=O) groups excluding carboxylic acids is 1. The van der Waals surface area contributed by atoms with Gasteiger partial charge in [0.05, 0.1) is 16.5 Å². The Morgan fingerprint density at radius 3 is 2.47 bits per heavy atom. The average molecular weight is 449 g/mol. The first-order valence-electron chi connectivity index (χ1n) is 8.92.